The van der Waals surface area contributed by atoms with Gasteiger partial charge in [0.15, 0.2) is 0 Å². The summed E-state index contributed by atoms with van der Waals surface area (Å²) in [6.45, 7) is 16.8. The highest BCUT2D eigenvalue weighted by atomic mass is 79.9. The number of fused-ring (bicyclic) bond motifs is 1. The first-order chi connectivity index (χ1) is 21.7. The molecule has 4 aliphatic heterocycles. The highest BCUT2D eigenvalue weighted by molar-refractivity contribution is 9.09. The van der Waals surface area contributed by atoms with Crippen LogP contribution in [0.25, 0.3) is 0 Å². The number of carbonyl (C=O) groups is 3. The quantitative estimate of drug-likeness (QED) is 0.236. The van der Waals surface area contributed by atoms with Gasteiger partial charge in [-0.25, -0.2) is 0 Å². The van der Waals surface area contributed by atoms with Crippen LogP contribution in [-0.4, -0.2) is 128 Å². The van der Waals surface area contributed by atoms with Gasteiger partial charge in [0, 0.05) is 55.9 Å². The van der Waals surface area contributed by atoms with Crippen molar-refractivity contribution in [1.82, 2.24) is 19.6 Å². The summed E-state index contributed by atoms with van der Waals surface area (Å²) in [5, 5.41) is 10.5. The Balaban J connectivity index is 1.51. The average Bonchev–Trinajstić information content (AvgIpc) is 3.63. The molecule has 3 unspecified atom stereocenters. The summed E-state index contributed by atoms with van der Waals surface area (Å²) in [5.74, 6) is -1.77. The molecule has 246 valence electrons. The van der Waals surface area contributed by atoms with Crippen molar-refractivity contribution in [3.8, 4) is 0 Å². The first kappa shape index (κ1) is 34.2. The second-order valence-corrected chi connectivity index (χ2v) is 15.6. The van der Waals surface area contributed by atoms with E-state index in [2.05, 4.69) is 34.0 Å². The number of rotatable bonds is 14. The van der Waals surface area contributed by atoms with Crippen LogP contribution in [0.3, 0.4) is 0 Å². The Bertz CT molecular complexity index is 1250. The Kier molecular flexibility index (Phi) is 11.2. The highest BCUT2D eigenvalue weighted by Gasteiger charge is 2.76. The summed E-state index contributed by atoms with van der Waals surface area (Å²) < 4.78 is 4.71. The minimum atomic E-state index is -0.797. The summed E-state index contributed by atoms with van der Waals surface area (Å²) in [6.07, 6.45) is 4.05. The topological polar surface area (TPSA) is 93.6 Å². The average molecular weight is 704 g/mol. The number of alkyl halides is 1. The maximum absolute atomic E-state index is 14.8. The molecule has 0 aromatic heterocycles. The lowest BCUT2D eigenvalue weighted by Gasteiger charge is -2.41. The Morgan fingerprint density at radius 3 is 2.42 bits per heavy atom. The molecular weight excluding hydrogens is 656 g/mol. The van der Waals surface area contributed by atoms with E-state index in [0.717, 1.165) is 18.7 Å². The maximum Gasteiger partial charge on any atom is 0.247 e. The third-order valence-corrected chi connectivity index (χ3v) is 13.1. The highest BCUT2D eigenvalue weighted by Crippen LogP contribution is 2.68. The fourth-order valence-corrected chi connectivity index (χ4v) is 11.3. The van der Waals surface area contributed by atoms with Crippen LogP contribution in [-0.2, 0) is 25.7 Å². The minimum Gasteiger partial charge on any atom is -0.394 e. The summed E-state index contributed by atoms with van der Waals surface area (Å²) in [5.41, 5.74) is 1.00. The first-order valence-electron chi connectivity index (χ1n) is 16.1. The zero-order chi connectivity index (χ0) is 32.3. The van der Waals surface area contributed by atoms with Crippen molar-refractivity contribution >= 4 is 45.4 Å². The van der Waals surface area contributed by atoms with Crippen molar-refractivity contribution in [3.63, 3.8) is 0 Å². The van der Waals surface area contributed by atoms with Gasteiger partial charge < -0.3 is 24.5 Å². The van der Waals surface area contributed by atoms with Crippen LogP contribution in [0, 0.1) is 17.8 Å². The fourth-order valence-electron chi connectivity index (χ4n) is 7.72. The molecule has 1 spiro atoms. The van der Waals surface area contributed by atoms with Gasteiger partial charge in [-0.3, -0.25) is 19.3 Å². The van der Waals surface area contributed by atoms with Gasteiger partial charge >= 0.3 is 0 Å². The van der Waals surface area contributed by atoms with Gasteiger partial charge in [-0.15, -0.1) is 24.9 Å². The van der Waals surface area contributed by atoms with E-state index >= 15 is 0 Å². The number of hydrogen-bond acceptors (Lipinski definition) is 7. The van der Waals surface area contributed by atoms with E-state index in [1.54, 1.807) is 33.7 Å². The lowest BCUT2D eigenvalue weighted by Crippen LogP contribution is -2.59. The normalized spacial score (nSPS) is 29.9. The first-order valence-corrected chi connectivity index (χ1v) is 17.9. The predicted octanol–water partition coefficient (Wildman–Crippen LogP) is 3.03. The Morgan fingerprint density at radius 2 is 1.80 bits per heavy atom. The largest absolute Gasteiger partial charge is 0.394 e. The van der Waals surface area contributed by atoms with E-state index in [9.17, 15) is 19.5 Å². The van der Waals surface area contributed by atoms with Crippen LogP contribution in [0.2, 0.25) is 0 Å². The van der Waals surface area contributed by atoms with Gasteiger partial charge in [-0.1, -0.05) is 72.3 Å². The van der Waals surface area contributed by atoms with E-state index in [1.165, 1.54) is 0 Å². The van der Waals surface area contributed by atoms with Gasteiger partial charge in [-0.2, -0.15) is 0 Å². The number of morpholine rings is 1. The molecular formula is C34H47BrN4O5S. The van der Waals surface area contributed by atoms with E-state index in [4.69, 9.17) is 4.74 Å². The van der Waals surface area contributed by atoms with Crippen molar-refractivity contribution < 1.29 is 24.2 Å². The smallest absolute Gasteiger partial charge is 0.247 e. The van der Waals surface area contributed by atoms with Crippen LogP contribution in [0.1, 0.15) is 25.8 Å². The number of aliphatic hydroxyl groups is 1. The standard InChI is InChI=1S/C34H47BrN4O5S/c1-5-12-37(15-14-36-16-18-44-19-17-36)33(43)30-34-20-25(35)29(45-34)27(28(34)32(42)39(30)26(22-40)23(3)4)31(41)38(13-6-2)21-24-10-8-7-9-11-24/h5-11,23,25-30,40H,1-2,12-22H2,3-4H3/t25?,26-,27-,28-,29-,30?,34?/m0/s1. The predicted molar refractivity (Wildman–Crippen MR) is 181 cm³/mol. The fraction of sp³-hybridized carbons (Fsp3) is 0.618. The number of thioether (sulfide) groups is 1. The molecule has 4 heterocycles. The van der Waals surface area contributed by atoms with Crippen molar-refractivity contribution in [2.45, 2.75) is 53.7 Å². The lowest BCUT2D eigenvalue weighted by atomic mass is 9.70. The Morgan fingerprint density at radius 1 is 1.13 bits per heavy atom. The number of amides is 3. The van der Waals surface area contributed by atoms with Gasteiger partial charge in [0.1, 0.15) is 6.04 Å². The molecule has 4 saturated heterocycles. The van der Waals surface area contributed by atoms with E-state index in [0.29, 0.717) is 52.4 Å². The third-order valence-electron chi connectivity index (χ3n) is 9.89. The second-order valence-electron chi connectivity index (χ2n) is 12.9. The molecule has 4 aliphatic rings. The Labute approximate surface area is 280 Å². The number of halogens is 1. The van der Waals surface area contributed by atoms with Gasteiger partial charge in [0.2, 0.25) is 17.7 Å². The molecule has 7 atom stereocenters. The molecule has 11 heteroatoms. The number of nitrogens with zero attached hydrogens (tertiary/aromatic N) is 4. The van der Waals surface area contributed by atoms with Crippen LogP contribution in [0.5, 0.6) is 0 Å². The molecule has 0 aliphatic carbocycles. The number of ether oxygens (including phenoxy) is 1. The molecule has 1 N–H and O–H groups in total. The van der Waals surface area contributed by atoms with Gasteiger partial charge in [-0.05, 0) is 17.9 Å². The monoisotopic (exact) mass is 702 g/mol. The van der Waals surface area contributed by atoms with Crippen LogP contribution in [0.15, 0.2) is 55.6 Å². The van der Waals surface area contributed by atoms with Crippen molar-refractivity contribution in [1.29, 1.82) is 0 Å². The molecule has 9 nitrogen and oxygen atoms in total. The van der Waals surface area contributed by atoms with Crippen molar-refractivity contribution in [2.24, 2.45) is 17.8 Å². The molecule has 1 aromatic carbocycles. The molecule has 5 rings (SSSR count). The third kappa shape index (κ3) is 6.52. The second kappa shape index (κ2) is 14.7. The molecule has 1 aromatic rings. The number of carbonyl (C=O) groups excluding carboxylic acids is 3. The SMILES string of the molecule is C=CCN(CCN1CCOCC1)C(=O)C1N([C@@H](CO)C(C)C)C(=O)[C@@H]2[C@H](C(=O)N(CC=C)Cc3ccccc3)[C@H]3SC12CC3Br. The Hall–Kier alpha value is -2.18. The molecule has 0 saturated carbocycles. The number of hydrogen-bond donors (Lipinski definition) is 1. The van der Waals surface area contributed by atoms with Gasteiger partial charge in [0.05, 0.1) is 42.4 Å². The molecule has 3 amide bonds. The summed E-state index contributed by atoms with van der Waals surface area (Å²) >= 11 is 5.53. The van der Waals surface area contributed by atoms with Gasteiger partial charge in [0.25, 0.3) is 0 Å². The summed E-state index contributed by atoms with van der Waals surface area (Å²) in [4.78, 5) is 51.6. The number of likely N-dealkylation sites (tertiary alicyclic amines) is 1. The summed E-state index contributed by atoms with van der Waals surface area (Å²) in [6, 6.07) is 8.48. The zero-order valence-corrected chi connectivity index (χ0v) is 28.8. The van der Waals surface area contributed by atoms with Crippen molar-refractivity contribution in [2.75, 3.05) is 59.1 Å². The minimum absolute atomic E-state index is 0.0362. The lowest BCUT2D eigenvalue weighted by molar-refractivity contribution is -0.148. The maximum atomic E-state index is 14.8. The van der Waals surface area contributed by atoms with Crippen LogP contribution >= 0.6 is 27.7 Å². The van der Waals surface area contributed by atoms with Crippen LogP contribution < -0.4 is 0 Å². The van der Waals surface area contributed by atoms with E-state index in [-0.39, 0.29) is 40.3 Å². The van der Waals surface area contributed by atoms with Crippen LogP contribution in [0.4, 0.5) is 0 Å². The van der Waals surface area contributed by atoms with E-state index < -0.39 is 28.7 Å². The zero-order valence-electron chi connectivity index (χ0n) is 26.4. The van der Waals surface area contributed by atoms with Crippen molar-refractivity contribution in [3.05, 3.63) is 61.2 Å². The molecule has 4 fully saturated rings. The molecule has 0 radical (unpaired) electrons. The number of benzene rings is 1. The molecule has 45 heavy (non-hydrogen) atoms. The summed E-state index contributed by atoms with van der Waals surface area (Å²) in [7, 11) is 0. The van der Waals surface area contributed by atoms with E-state index in [1.807, 2.05) is 49.1 Å². The molecule has 2 bridgehead atoms. The number of aliphatic hydroxyl groups excluding tert-OH is 1.